The zero-order valence-electron chi connectivity index (χ0n) is 19.8. The van der Waals surface area contributed by atoms with E-state index in [9.17, 15) is 13.2 Å². The van der Waals surface area contributed by atoms with Crippen molar-refractivity contribution in [1.29, 1.82) is 0 Å². The van der Waals surface area contributed by atoms with Gasteiger partial charge in [-0.15, -0.1) is 21.5 Å². The van der Waals surface area contributed by atoms with Crippen molar-refractivity contribution in [2.45, 2.75) is 50.0 Å². The maximum atomic E-state index is 12.9. The van der Waals surface area contributed by atoms with Crippen LogP contribution in [0.2, 0.25) is 5.15 Å². The van der Waals surface area contributed by atoms with Crippen LogP contribution in [0.15, 0.2) is 47.6 Å². The van der Waals surface area contributed by atoms with Gasteiger partial charge in [0.25, 0.3) is 10.0 Å². The molecular weight excluding hydrogens is 536 g/mol. The minimum Gasteiger partial charge on any atom is -0.458 e. The van der Waals surface area contributed by atoms with Crippen molar-refractivity contribution in [1.82, 2.24) is 20.2 Å². The number of halogens is 1. The molecule has 0 atom stereocenters. The van der Waals surface area contributed by atoms with E-state index in [0.717, 1.165) is 36.6 Å². The highest BCUT2D eigenvalue weighted by Crippen LogP contribution is 2.35. The molecule has 4 aromatic rings. The second-order valence-electron chi connectivity index (χ2n) is 8.62. The molecule has 0 spiro atoms. The first-order valence-electron chi connectivity index (χ1n) is 11.6. The highest BCUT2D eigenvalue weighted by atomic mass is 35.5. The monoisotopic (exact) mass is 558 g/mol. The van der Waals surface area contributed by atoms with Crippen LogP contribution in [0.4, 0.5) is 17.3 Å². The Morgan fingerprint density at radius 2 is 1.81 bits per heavy atom. The molecule has 192 valence electrons. The molecule has 10 nitrogen and oxygen atoms in total. The molecule has 0 radical (unpaired) electrons. The number of anilines is 3. The molecule has 3 aromatic heterocycles. The standard InChI is InChI=1S/C24H23ClN6O4S2/c1-14-20-22(26-13-27-23(20)36-21(14)24(32)35-16-5-3-2-4-6-16)28-15-7-9-17(10-8-15)37(33,34)31-19-12-11-18(25)29-30-19/h7-13,16H,2-6H2,1H3,(H,30,31)(H,26,27,28). The van der Waals surface area contributed by atoms with E-state index in [-0.39, 0.29) is 27.9 Å². The van der Waals surface area contributed by atoms with Crippen LogP contribution in [0.3, 0.4) is 0 Å². The average molecular weight is 559 g/mol. The van der Waals surface area contributed by atoms with Crippen LogP contribution in [0.1, 0.15) is 47.3 Å². The van der Waals surface area contributed by atoms with Crippen molar-refractivity contribution in [2.75, 3.05) is 10.0 Å². The van der Waals surface area contributed by atoms with E-state index in [1.54, 1.807) is 12.1 Å². The maximum absolute atomic E-state index is 12.9. The fourth-order valence-electron chi connectivity index (χ4n) is 4.17. The molecule has 0 unspecified atom stereocenters. The van der Waals surface area contributed by atoms with E-state index >= 15 is 0 Å². The summed E-state index contributed by atoms with van der Waals surface area (Å²) in [5, 5.41) is 11.4. The van der Waals surface area contributed by atoms with E-state index in [0.29, 0.717) is 21.2 Å². The van der Waals surface area contributed by atoms with E-state index < -0.39 is 10.0 Å². The Morgan fingerprint density at radius 1 is 1.05 bits per heavy atom. The summed E-state index contributed by atoms with van der Waals surface area (Å²) in [5.74, 6) is 0.243. The Kier molecular flexibility index (Phi) is 7.22. The Labute approximate surface area is 222 Å². The summed E-state index contributed by atoms with van der Waals surface area (Å²) in [6.45, 7) is 1.85. The second kappa shape index (κ2) is 10.6. The lowest BCUT2D eigenvalue weighted by atomic mass is 9.98. The number of benzene rings is 1. The molecular formula is C24H23ClN6O4S2. The lowest BCUT2D eigenvalue weighted by Crippen LogP contribution is -2.20. The van der Waals surface area contributed by atoms with Gasteiger partial charge >= 0.3 is 5.97 Å². The molecule has 1 fully saturated rings. The van der Waals surface area contributed by atoms with Gasteiger partial charge in [0, 0.05) is 5.69 Å². The van der Waals surface area contributed by atoms with Crippen molar-refractivity contribution in [3.63, 3.8) is 0 Å². The van der Waals surface area contributed by atoms with Crippen LogP contribution >= 0.6 is 22.9 Å². The Morgan fingerprint density at radius 3 is 2.51 bits per heavy atom. The number of thiophene rings is 1. The summed E-state index contributed by atoms with van der Waals surface area (Å²) in [5.41, 5.74) is 1.36. The van der Waals surface area contributed by atoms with Crippen molar-refractivity contribution in [2.24, 2.45) is 0 Å². The maximum Gasteiger partial charge on any atom is 0.348 e. The average Bonchev–Trinajstić information content (AvgIpc) is 3.24. The van der Waals surface area contributed by atoms with Crippen LogP contribution in [0.5, 0.6) is 0 Å². The van der Waals surface area contributed by atoms with Gasteiger partial charge in [0.1, 0.15) is 28.0 Å². The van der Waals surface area contributed by atoms with Crippen LogP contribution in [-0.2, 0) is 14.8 Å². The molecule has 13 heteroatoms. The van der Waals surface area contributed by atoms with Gasteiger partial charge in [0.2, 0.25) is 0 Å². The zero-order chi connectivity index (χ0) is 26.0. The molecule has 0 bridgehead atoms. The van der Waals surface area contributed by atoms with Crippen molar-refractivity contribution in [3.05, 3.63) is 58.3 Å². The summed E-state index contributed by atoms with van der Waals surface area (Å²) < 4.78 is 33.5. The number of nitrogens with one attached hydrogen (secondary N) is 2. The highest BCUT2D eigenvalue weighted by molar-refractivity contribution is 7.92. The topological polar surface area (TPSA) is 136 Å². The number of aryl methyl sites for hydroxylation is 1. The molecule has 1 aliphatic carbocycles. The summed E-state index contributed by atoms with van der Waals surface area (Å²) in [4.78, 5) is 22.8. The van der Waals surface area contributed by atoms with Gasteiger partial charge < -0.3 is 10.1 Å². The number of carbonyl (C=O) groups is 1. The fraction of sp³-hybridized carbons (Fsp3) is 0.292. The van der Waals surface area contributed by atoms with Crippen LogP contribution in [0.25, 0.3) is 10.2 Å². The third kappa shape index (κ3) is 5.65. The van der Waals surface area contributed by atoms with Crippen molar-refractivity contribution < 1.29 is 17.9 Å². The normalized spacial score (nSPS) is 14.4. The third-order valence-corrected chi connectivity index (χ3v) is 8.79. The number of ether oxygens (including phenoxy) is 1. The van der Waals surface area contributed by atoms with Gasteiger partial charge in [-0.2, -0.15) is 0 Å². The predicted octanol–water partition coefficient (Wildman–Crippen LogP) is 5.48. The van der Waals surface area contributed by atoms with E-state index in [2.05, 4.69) is 30.2 Å². The Hall–Kier alpha value is -3.35. The number of rotatable bonds is 7. The van der Waals surface area contributed by atoms with Crippen molar-refractivity contribution >= 4 is 66.5 Å². The number of carbonyl (C=O) groups excluding carboxylic acids is 1. The smallest absolute Gasteiger partial charge is 0.348 e. The lowest BCUT2D eigenvalue weighted by Gasteiger charge is -2.21. The summed E-state index contributed by atoms with van der Waals surface area (Å²) in [6, 6.07) is 9.02. The minimum atomic E-state index is -3.87. The van der Waals surface area contributed by atoms with E-state index in [1.165, 1.54) is 48.4 Å². The Balaban J connectivity index is 1.34. The lowest BCUT2D eigenvalue weighted by molar-refractivity contribution is 0.0216. The van der Waals surface area contributed by atoms with Gasteiger partial charge in [-0.25, -0.2) is 23.2 Å². The molecule has 5 rings (SSSR count). The van der Waals surface area contributed by atoms with Crippen LogP contribution in [0, 0.1) is 6.92 Å². The molecule has 37 heavy (non-hydrogen) atoms. The Bertz CT molecular complexity index is 1540. The van der Waals surface area contributed by atoms with E-state index in [1.807, 2.05) is 6.92 Å². The summed E-state index contributed by atoms with van der Waals surface area (Å²) in [7, 11) is -3.87. The molecule has 0 aliphatic heterocycles. The molecule has 3 heterocycles. The van der Waals surface area contributed by atoms with Crippen LogP contribution in [-0.4, -0.2) is 40.7 Å². The van der Waals surface area contributed by atoms with Gasteiger partial charge in [0.15, 0.2) is 11.0 Å². The first-order chi connectivity index (χ1) is 17.8. The van der Waals surface area contributed by atoms with Gasteiger partial charge in [-0.3, -0.25) is 4.72 Å². The fourth-order valence-corrected chi connectivity index (χ4v) is 6.30. The quantitative estimate of drug-likeness (QED) is 0.282. The minimum absolute atomic E-state index is 0.0365. The number of aromatic nitrogens is 4. The highest BCUT2D eigenvalue weighted by Gasteiger charge is 2.24. The van der Waals surface area contributed by atoms with Gasteiger partial charge in [-0.05, 0) is 74.6 Å². The third-order valence-electron chi connectivity index (χ3n) is 6.04. The first-order valence-corrected chi connectivity index (χ1v) is 14.3. The first kappa shape index (κ1) is 25.3. The van der Waals surface area contributed by atoms with Gasteiger partial charge in [0.05, 0.1) is 10.3 Å². The number of esters is 1. The molecule has 1 aliphatic rings. The summed E-state index contributed by atoms with van der Waals surface area (Å²) in [6.07, 6.45) is 6.52. The molecule has 0 saturated heterocycles. The summed E-state index contributed by atoms with van der Waals surface area (Å²) >= 11 is 6.98. The molecule has 0 amide bonds. The van der Waals surface area contributed by atoms with Gasteiger partial charge in [-0.1, -0.05) is 18.0 Å². The predicted molar refractivity (Wildman–Crippen MR) is 142 cm³/mol. The molecule has 1 aromatic carbocycles. The zero-order valence-corrected chi connectivity index (χ0v) is 22.2. The number of sulfonamides is 1. The second-order valence-corrected chi connectivity index (χ2v) is 11.7. The van der Waals surface area contributed by atoms with Crippen LogP contribution < -0.4 is 10.0 Å². The molecule has 1 saturated carbocycles. The SMILES string of the molecule is Cc1c(C(=O)OC2CCCCC2)sc2ncnc(Nc3ccc(S(=O)(=O)Nc4ccc(Cl)nn4)cc3)c12. The van der Waals surface area contributed by atoms with E-state index in [4.69, 9.17) is 16.3 Å². The largest absolute Gasteiger partial charge is 0.458 e. The number of hydrogen-bond donors (Lipinski definition) is 2. The number of hydrogen-bond acceptors (Lipinski definition) is 10. The molecule has 2 N–H and O–H groups in total. The number of fused-ring (bicyclic) bond motifs is 1. The number of nitrogens with zero attached hydrogens (tertiary/aromatic N) is 4. The van der Waals surface area contributed by atoms with Crippen molar-refractivity contribution in [3.8, 4) is 0 Å².